The molecule has 1 saturated heterocycles. The summed E-state index contributed by atoms with van der Waals surface area (Å²) in [5.74, 6) is -1.19. The van der Waals surface area contributed by atoms with E-state index in [0.29, 0.717) is 25.6 Å². The summed E-state index contributed by atoms with van der Waals surface area (Å²) in [5, 5.41) is 2.67. The van der Waals surface area contributed by atoms with Crippen molar-refractivity contribution in [3.05, 3.63) is 53.1 Å². The highest BCUT2D eigenvalue weighted by Crippen LogP contribution is 2.30. The number of nitrogens with one attached hydrogen (secondary N) is 1. The van der Waals surface area contributed by atoms with Crippen LogP contribution in [0.2, 0.25) is 0 Å². The van der Waals surface area contributed by atoms with Crippen LogP contribution in [0.4, 0.5) is 5.69 Å². The van der Waals surface area contributed by atoms with E-state index in [2.05, 4.69) is 5.32 Å². The van der Waals surface area contributed by atoms with E-state index < -0.39 is 27.7 Å². The van der Waals surface area contributed by atoms with Gasteiger partial charge in [0.1, 0.15) is 5.75 Å². The summed E-state index contributed by atoms with van der Waals surface area (Å²) in [7, 11) is -2.41. The number of carbonyl (C=O) groups excluding carboxylic acids is 3. The molecule has 2 aliphatic heterocycles. The Morgan fingerprint density at radius 1 is 1.06 bits per heavy atom. The van der Waals surface area contributed by atoms with Gasteiger partial charge in [0.25, 0.3) is 17.7 Å². The Morgan fingerprint density at radius 3 is 2.45 bits per heavy atom. The van der Waals surface area contributed by atoms with E-state index >= 15 is 0 Å². The zero-order valence-corrected chi connectivity index (χ0v) is 19.0. The number of hydrogen-bond donors (Lipinski definition) is 1. The van der Waals surface area contributed by atoms with Crippen LogP contribution in [0.15, 0.2) is 41.3 Å². The number of fused-ring (bicyclic) bond motifs is 1. The Morgan fingerprint density at radius 2 is 1.76 bits per heavy atom. The summed E-state index contributed by atoms with van der Waals surface area (Å²) in [6.45, 7) is 3.19. The molecule has 0 spiro atoms. The summed E-state index contributed by atoms with van der Waals surface area (Å²) in [6.07, 6.45) is 0. The molecule has 11 heteroatoms. The zero-order valence-electron chi connectivity index (χ0n) is 18.2. The number of nitrogens with zero attached hydrogens (tertiary/aromatic N) is 2. The van der Waals surface area contributed by atoms with Crippen LogP contribution in [0.5, 0.6) is 5.75 Å². The van der Waals surface area contributed by atoms with Gasteiger partial charge in [0.15, 0.2) is 0 Å². The van der Waals surface area contributed by atoms with Crippen LogP contribution >= 0.6 is 0 Å². The first-order valence-electron chi connectivity index (χ1n) is 10.4. The topological polar surface area (TPSA) is 122 Å². The van der Waals surface area contributed by atoms with Crippen LogP contribution < -0.4 is 10.1 Å². The van der Waals surface area contributed by atoms with Crippen LogP contribution in [-0.2, 0) is 14.8 Å². The lowest BCUT2D eigenvalue weighted by Crippen LogP contribution is -2.40. The molecule has 4 rings (SSSR count). The Kier molecular flexibility index (Phi) is 6.19. The zero-order chi connectivity index (χ0) is 23.8. The van der Waals surface area contributed by atoms with E-state index in [0.717, 1.165) is 4.90 Å². The van der Waals surface area contributed by atoms with Gasteiger partial charge in [-0.05, 0) is 43.3 Å². The number of ether oxygens (including phenoxy) is 2. The Balaban J connectivity index is 1.64. The average Bonchev–Trinajstić information content (AvgIpc) is 3.04. The van der Waals surface area contributed by atoms with Crippen molar-refractivity contribution in [2.24, 2.45) is 0 Å². The maximum Gasteiger partial charge on any atom is 0.261 e. The summed E-state index contributed by atoms with van der Waals surface area (Å²) in [6, 6.07) is 8.49. The van der Waals surface area contributed by atoms with Crippen molar-refractivity contribution >= 4 is 33.4 Å². The first kappa shape index (κ1) is 22.9. The van der Waals surface area contributed by atoms with Crippen molar-refractivity contribution < 1.29 is 32.3 Å². The van der Waals surface area contributed by atoms with Gasteiger partial charge in [0.2, 0.25) is 10.0 Å². The lowest BCUT2D eigenvalue weighted by Gasteiger charge is -2.26. The van der Waals surface area contributed by atoms with Crippen LogP contribution in [0.25, 0.3) is 0 Å². The maximum atomic E-state index is 13.0. The second-order valence-electron chi connectivity index (χ2n) is 7.49. The van der Waals surface area contributed by atoms with E-state index in [9.17, 15) is 22.8 Å². The van der Waals surface area contributed by atoms with E-state index in [1.165, 1.54) is 47.8 Å². The van der Waals surface area contributed by atoms with Crippen molar-refractivity contribution in [3.63, 3.8) is 0 Å². The highest BCUT2D eigenvalue weighted by Gasteiger charge is 2.33. The third-order valence-electron chi connectivity index (χ3n) is 5.46. The van der Waals surface area contributed by atoms with Gasteiger partial charge in [-0.2, -0.15) is 4.31 Å². The third-order valence-corrected chi connectivity index (χ3v) is 7.35. The standard InChI is InChI=1S/C22H23N3O7S/c1-3-32-19-7-5-15(33(29,30)25-8-10-31-11-9-25)13-18(19)23-20(26)14-4-6-16-17(12-14)22(28)24(2)21(16)27/h4-7,12-13H,3,8-11H2,1-2H3,(H,23,26). The number of rotatable bonds is 6. The fraction of sp³-hybridized carbons (Fsp3) is 0.318. The molecule has 174 valence electrons. The monoisotopic (exact) mass is 473 g/mol. The molecular weight excluding hydrogens is 450 g/mol. The van der Waals surface area contributed by atoms with Gasteiger partial charge in [0.05, 0.1) is 41.5 Å². The van der Waals surface area contributed by atoms with E-state index in [4.69, 9.17) is 9.47 Å². The second kappa shape index (κ2) is 8.93. The predicted octanol–water partition coefficient (Wildman–Crippen LogP) is 1.58. The number of carbonyl (C=O) groups is 3. The van der Waals surface area contributed by atoms with Crippen molar-refractivity contribution in [3.8, 4) is 5.75 Å². The molecule has 0 bridgehead atoms. The molecule has 10 nitrogen and oxygen atoms in total. The molecule has 2 aromatic rings. The van der Waals surface area contributed by atoms with Crippen molar-refractivity contribution in [1.82, 2.24) is 9.21 Å². The number of sulfonamides is 1. The fourth-order valence-corrected chi connectivity index (χ4v) is 5.12. The molecule has 3 amide bonds. The van der Waals surface area contributed by atoms with Crippen molar-refractivity contribution in [2.45, 2.75) is 11.8 Å². The number of anilines is 1. The first-order valence-corrected chi connectivity index (χ1v) is 11.8. The largest absolute Gasteiger partial charge is 0.492 e. The lowest BCUT2D eigenvalue weighted by molar-refractivity contribution is 0.0693. The third kappa shape index (κ3) is 4.22. The maximum absolute atomic E-state index is 13.0. The lowest BCUT2D eigenvalue weighted by atomic mass is 10.1. The quantitative estimate of drug-likeness (QED) is 0.632. The van der Waals surface area contributed by atoms with Gasteiger partial charge in [0, 0.05) is 25.7 Å². The molecule has 0 aromatic heterocycles. The Hall–Kier alpha value is -3.28. The Labute approximate surface area is 191 Å². The molecule has 0 atom stereocenters. The van der Waals surface area contributed by atoms with Gasteiger partial charge in [-0.3, -0.25) is 19.3 Å². The van der Waals surface area contributed by atoms with Crippen molar-refractivity contribution in [1.29, 1.82) is 0 Å². The minimum absolute atomic E-state index is 0.0134. The number of benzene rings is 2. The van der Waals surface area contributed by atoms with Crippen molar-refractivity contribution in [2.75, 3.05) is 45.3 Å². The van der Waals surface area contributed by atoms with Gasteiger partial charge < -0.3 is 14.8 Å². The van der Waals surface area contributed by atoms with Crippen LogP contribution in [0, 0.1) is 0 Å². The molecular formula is C22H23N3O7S. The molecule has 33 heavy (non-hydrogen) atoms. The SMILES string of the molecule is CCOc1ccc(S(=O)(=O)N2CCOCC2)cc1NC(=O)c1ccc2c(c1)C(=O)N(C)C2=O. The van der Waals surface area contributed by atoms with Gasteiger partial charge >= 0.3 is 0 Å². The molecule has 2 aliphatic rings. The number of hydrogen-bond acceptors (Lipinski definition) is 7. The summed E-state index contributed by atoms with van der Waals surface area (Å²) < 4.78 is 38.2. The molecule has 1 N–H and O–H groups in total. The second-order valence-corrected chi connectivity index (χ2v) is 9.43. The molecule has 2 aromatic carbocycles. The highest BCUT2D eigenvalue weighted by atomic mass is 32.2. The summed E-state index contributed by atoms with van der Waals surface area (Å²) in [4.78, 5) is 38.3. The van der Waals surface area contributed by atoms with Crippen LogP contribution in [-0.4, -0.2) is 75.3 Å². The van der Waals surface area contributed by atoms with E-state index in [1.807, 2.05) is 0 Å². The average molecular weight is 474 g/mol. The fourth-order valence-electron chi connectivity index (χ4n) is 3.68. The number of morpholine rings is 1. The van der Waals surface area contributed by atoms with Gasteiger partial charge in [-0.15, -0.1) is 0 Å². The smallest absolute Gasteiger partial charge is 0.261 e. The van der Waals surface area contributed by atoms with Gasteiger partial charge in [-0.25, -0.2) is 8.42 Å². The minimum atomic E-state index is -3.79. The Bertz CT molecular complexity index is 1240. The summed E-state index contributed by atoms with van der Waals surface area (Å²) in [5.41, 5.74) is 0.696. The van der Waals surface area contributed by atoms with Gasteiger partial charge in [-0.1, -0.05) is 0 Å². The number of amides is 3. The highest BCUT2D eigenvalue weighted by molar-refractivity contribution is 7.89. The first-order chi connectivity index (χ1) is 15.7. The minimum Gasteiger partial charge on any atom is -0.492 e. The van der Waals surface area contributed by atoms with Crippen LogP contribution in [0.3, 0.4) is 0 Å². The van der Waals surface area contributed by atoms with E-state index in [-0.39, 0.29) is 40.4 Å². The molecule has 0 aliphatic carbocycles. The predicted molar refractivity (Wildman–Crippen MR) is 118 cm³/mol. The van der Waals surface area contributed by atoms with Crippen LogP contribution in [0.1, 0.15) is 38.0 Å². The van der Waals surface area contributed by atoms with E-state index in [1.54, 1.807) is 6.92 Å². The molecule has 2 heterocycles. The molecule has 0 unspecified atom stereocenters. The molecule has 1 fully saturated rings. The molecule has 0 radical (unpaired) electrons. The number of imide groups is 1. The summed E-state index contributed by atoms with van der Waals surface area (Å²) >= 11 is 0. The molecule has 0 saturated carbocycles. The normalized spacial score (nSPS) is 16.6.